The molecule has 0 atom stereocenters. The van der Waals surface area contributed by atoms with Crippen LogP contribution in [0.1, 0.15) is 25.3 Å². The SMILES string of the molecule is CCOc1ccc(S(=O)(=O)N2CCC(C(=O)Nc3ccccc3C)CC2)cc1. The smallest absolute Gasteiger partial charge is 0.243 e. The van der Waals surface area contributed by atoms with Gasteiger partial charge in [-0.25, -0.2) is 8.42 Å². The highest BCUT2D eigenvalue weighted by Crippen LogP contribution is 2.26. The van der Waals surface area contributed by atoms with Crippen LogP contribution in [0.4, 0.5) is 5.69 Å². The fourth-order valence-corrected chi connectivity index (χ4v) is 4.80. The maximum absolute atomic E-state index is 12.9. The monoisotopic (exact) mass is 402 g/mol. The van der Waals surface area contributed by atoms with E-state index in [1.165, 1.54) is 4.31 Å². The van der Waals surface area contributed by atoms with Crippen molar-refractivity contribution in [1.82, 2.24) is 4.31 Å². The third kappa shape index (κ3) is 4.54. The summed E-state index contributed by atoms with van der Waals surface area (Å²) >= 11 is 0. The molecule has 0 unspecified atom stereocenters. The molecule has 3 rings (SSSR count). The molecule has 7 heteroatoms. The lowest BCUT2D eigenvalue weighted by molar-refractivity contribution is -0.120. The molecule has 0 saturated carbocycles. The number of carbonyl (C=O) groups excluding carboxylic acids is 1. The Bertz CT molecular complexity index is 918. The number of aryl methyl sites for hydroxylation is 1. The fourth-order valence-electron chi connectivity index (χ4n) is 3.33. The molecule has 1 amide bonds. The molecule has 150 valence electrons. The first-order chi connectivity index (χ1) is 13.4. The third-order valence-electron chi connectivity index (χ3n) is 5.00. The van der Waals surface area contributed by atoms with Gasteiger partial charge in [0.05, 0.1) is 11.5 Å². The van der Waals surface area contributed by atoms with Crippen molar-refractivity contribution < 1.29 is 17.9 Å². The number of anilines is 1. The Morgan fingerprint density at radius 1 is 1.11 bits per heavy atom. The highest BCUT2D eigenvalue weighted by Gasteiger charge is 2.32. The topological polar surface area (TPSA) is 75.7 Å². The summed E-state index contributed by atoms with van der Waals surface area (Å²) in [5, 5.41) is 2.96. The Labute approximate surface area is 166 Å². The molecule has 0 aliphatic carbocycles. The van der Waals surface area contributed by atoms with Crippen LogP contribution in [0.15, 0.2) is 53.4 Å². The van der Waals surface area contributed by atoms with Crippen LogP contribution < -0.4 is 10.1 Å². The van der Waals surface area contributed by atoms with E-state index in [1.54, 1.807) is 24.3 Å². The first kappa shape index (κ1) is 20.4. The summed E-state index contributed by atoms with van der Waals surface area (Å²) in [7, 11) is -3.56. The standard InChI is InChI=1S/C21H26N2O4S/c1-3-27-18-8-10-19(11-9-18)28(25,26)23-14-12-17(13-15-23)21(24)22-20-7-5-4-6-16(20)2/h4-11,17H,3,12-15H2,1-2H3,(H,22,24). The summed E-state index contributed by atoms with van der Waals surface area (Å²) in [6.07, 6.45) is 1.02. The minimum atomic E-state index is -3.56. The number of nitrogens with one attached hydrogen (secondary N) is 1. The van der Waals surface area contributed by atoms with Gasteiger partial charge in [-0.15, -0.1) is 0 Å². The lowest BCUT2D eigenvalue weighted by Gasteiger charge is -2.30. The van der Waals surface area contributed by atoms with Crippen molar-refractivity contribution in [2.24, 2.45) is 5.92 Å². The molecule has 2 aromatic rings. The quantitative estimate of drug-likeness (QED) is 0.803. The lowest BCUT2D eigenvalue weighted by atomic mass is 9.97. The number of para-hydroxylation sites is 1. The predicted molar refractivity (Wildman–Crippen MR) is 109 cm³/mol. The maximum atomic E-state index is 12.9. The molecule has 1 fully saturated rings. The summed E-state index contributed by atoms with van der Waals surface area (Å²) in [5.41, 5.74) is 1.81. The predicted octanol–water partition coefficient (Wildman–Crippen LogP) is 3.43. The average Bonchev–Trinajstić information content (AvgIpc) is 2.70. The molecule has 1 heterocycles. The van der Waals surface area contributed by atoms with Gasteiger partial charge in [0, 0.05) is 24.7 Å². The normalized spacial score (nSPS) is 15.9. The number of rotatable bonds is 6. The molecule has 0 bridgehead atoms. The maximum Gasteiger partial charge on any atom is 0.243 e. The van der Waals surface area contributed by atoms with Crippen molar-refractivity contribution in [3.05, 3.63) is 54.1 Å². The van der Waals surface area contributed by atoms with Gasteiger partial charge in [-0.1, -0.05) is 18.2 Å². The number of benzene rings is 2. The zero-order chi connectivity index (χ0) is 20.1. The van der Waals surface area contributed by atoms with Crippen LogP contribution in [0, 0.1) is 12.8 Å². The number of piperidine rings is 1. The van der Waals surface area contributed by atoms with Gasteiger partial charge in [-0.3, -0.25) is 4.79 Å². The number of sulfonamides is 1. The molecule has 1 saturated heterocycles. The second-order valence-electron chi connectivity index (χ2n) is 6.89. The Hall–Kier alpha value is -2.38. The van der Waals surface area contributed by atoms with Crippen LogP contribution in [-0.2, 0) is 14.8 Å². The summed E-state index contributed by atoms with van der Waals surface area (Å²) in [6, 6.07) is 14.1. The average molecular weight is 403 g/mol. The molecule has 1 aliphatic rings. The van der Waals surface area contributed by atoms with Gasteiger partial charge in [0.1, 0.15) is 5.75 Å². The summed E-state index contributed by atoms with van der Waals surface area (Å²) in [4.78, 5) is 12.8. The van der Waals surface area contributed by atoms with Gasteiger partial charge >= 0.3 is 0 Å². The number of hydrogen-bond acceptors (Lipinski definition) is 4. The van der Waals surface area contributed by atoms with Gasteiger partial charge in [-0.2, -0.15) is 4.31 Å². The summed E-state index contributed by atoms with van der Waals surface area (Å²) < 4.78 is 32.5. The molecule has 6 nitrogen and oxygen atoms in total. The van der Waals surface area contributed by atoms with Gasteiger partial charge < -0.3 is 10.1 Å². The zero-order valence-electron chi connectivity index (χ0n) is 16.2. The minimum Gasteiger partial charge on any atom is -0.494 e. The largest absolute Gasteiger partial charge is 0.494 e. The molecular formula is C21H26N2O4S. The molecule has 2 aromatic carbocycles. The summed E-state index contributed by atoms with van der Waals surface area (Å²) in [5.74, 6) is 0.409. The Kier molecular flexibility index (Phi) is 6.36. The lowest BCUT2D eigenvalue weighted by Crippen LogP contribution is -2.41. The molecular weight excluding hydrogens is 376 g/mol. The van der Waals surface area contributed by atoms with E-state index in [4.69, 9.17) is 4.74 Å². The molecule has 1 aliphatic heterocycles. The number of ether oxygens (including phenoxy) is 1. The Morgan fingerprint density at radius 3 is 2.36 bits per heavy atom. The second-order valence-corrected chi connectivity index (χ2v) is 8.82. The second kappa shape index (κ2) is 8.75. The van der Waals surface area contributed by atoms with Crippen molar-refractivity contribution in [1.29, 1.82) is 0 Å². The van der Waals surface area contributed by atoms with Crippen LogP contribution in [-0.4, -0.2) is 38.3 Å². The van der Waals surface area contributed by atoms with Gasteiger partial charge in [0.15, 0.2) is 0 Å². The van der Waals surface area contributed by atoms with E-state index in [9.17, 15) is 13.2 Å². The molecule has 0 aromatic heterocycles. The van der Waals surface area contributed by atoms with Crippen molar-refractivity contribution in [2.45, 2.75) is 31.6 Å². The minimum absolute atomic E-state index is 0.0487. The van der Waals surface area contributed by atoms with Gasteiger partial charge in [0.2, 0.25) is 15.9 Å². The Balaban J connectivity index is 1.61. The van der Waals surface area contributed by atoms with Crippen molar-refractivity contribution in [3.63, 3.8) is 0 Å². The first-order valence-corrected chi connectivity index (χ1v) is 11.0. The number of nitrogens with zero attached hydrogens (tertiary/aromatic N) is 1. The van der Waals surface area contributed by atoms with E-state index in [0.29, 0.717) is 38.3 Å². The zero-order valence-corrected chi connectivity index (χ0v) is 17.0. The number of hydrogen-bond donors (Lipinski definition) is 1. The highest BCUT2D eigenvalue weighted by molar-refractivity contribution is 7.89. The van der Waals surface area contributed by atoms with Crippen LogP contribution in [0.2, 0.25) is 0 Å². The Morgan fingerprint density at radius 2 is 1.75 bits per heavy atom. The van der Waals surface area contributed by atoms with E-state index in [2.05, 4.69) is 5.32 Å². The molecule has 0 radical (unpaired) electrons. The van der Waals surface area contributed by atoms with E-state index < -0.39 is 10.0 Å². The fraction of sp³-hybridized carbons (Fsp3) is 0.381. The van der Waals surface area contributed by atoms with E-state index in [1.807, 2.05) is 38.1 Å². The van der Waals surface area contributed by atoms with Gasteiger partial charge in [0.25, 0.3) is 0 Å². The van der Waals surface area contributed by atoms with Crippen LogP contribution >= 0.6 is 0 Å². The molecule has 28 heavy (non-hydrogen) atoms. The van der Waals surface area contributed by atoms with Gasteiger partial charge in [-0.05, 0) is 62.6 Å². The van der Waals surface area contributed by atoms with Crippen molar-refractivity contribution in [3.8, 4) is 5.75 Å². The highest BCUT2D eigenvalue weighted by atomic mass is 32.2. The van der Waals surface area contributed by atoms with Crippen LogP contribution in [0.3, 0.4) is 0 Å². The molecule has 0 spiro atoms. The number of carbonyl (C=O) groups is 1. The van der Waals surface area contributed by atoms with Crippen LogP contribution in [0.25, 0.3) is 0 Å². The van der Waals surface area contributed by atoms with E-state index >= 15 is 0 Å². The van der Waals surface area contributed by atoms with E-state index in [-0.39, 0.29) is 16.7 Å². The number of amides is 1. The molecule has 1 N–H and O–H groups in total. The third-order valence-corrected chi connectivity index (χ3v) is 6.91. The summed E-state index contributed by atoms with van der Waals surface area (Å²) in [6.45, 7) is 5.03. The van der Waals surface area contributed by atoms with E-state index in [0.717, 1.165) is 11.3 Å². The van der Waals surface area contributed by atoms with Crippen molar-refractivity contribution >= 4 is 21.6 Å². The first-order valence-electron chi connectivity index (χ1n) is 9.51. The van der Waals surface area contributed by atoms with Crippen LogP contribution in [0.5, 0.6) is 5.75 Å². The van der Waals surface area contributed by atoms with Crippen molar-refractivity contribution in [2.75, 3.05) is 25.0 Å².